The van der Waals surface area contributed by atoms with Gasteiger partial charge in [-0.1, -0.05) is 6.07 Å². The van der Waals surface area contributed by atoms with E-state index in [9.17, 15) is 15.0 Å². The summed E-state index contributed by atoms with van der Waals surface area (Å²) in [4.78, 5) is 13.8. The summed E-state index contributed by atoms with van der Waals surface area (Å²) >= 11 is 0. The summed E-state index contributed by atoms with van der Waals surface area (Å²) in [5, 5.41) is 22.4. The maximum absolute atomic E-state index is 12.2. The van der Waals surface area contributed by atoms with Gasteiger partial charge in [0.05, 0.1) is 5.56 Å². The molecule has 1 aliphatic rings. The molecule has 0 saturated carbocycles. The van der Waals surface area contributed by atoms with Crippen molar-refractivity contribution in [1.29, 1.82) is 0 Å². The van der Waals surface area contributed by atoms with Crippen molar-refractivity contribution in [2.45, 2.75) is 12.8 Å². The van der Waals surface area contributed by atoms with Crippen LogP contribution >= 0.6 is 0 Å². The Kier molecular flexibility index (Phi) is 4.27. The molecule has 0 aliphatic carbocycles. The number of phenolic OH excluding ortho intramolecular Hbond substituents is 2. The number of piperidine rings is 1. The molecule has 1 amide bonds. The van der Waals surface area contributed by atoms with E-state index < -0.39 is 0 Å². The first-order valence-corrected chi connectivity index (χ1v) is 6.56. The molecule has 5 heteroatoms. The highest BCUT2D eigenvalue weighted by Gasteiger charge is 2.21. The Morgan fingerprint density at radius 1 is 1.37 bits per heavy atom. The van der Waals surface area contributed by atoms with Crippen molar-refractivity contribution < 1.29 is 15.0 Å². The number of hydrogen-bond donors (Lipinski definition) is 3. The molecule has 19 heavy (non-hydrogen) atoms. The van der Waals surface area contributed by atoms with Crippen LogP contribution in [-0.4, -0.2) is 47.7 Å². The highest BCUT2D eigenvalue weighted by atomic mass is 16.3. The molecule has 1 aromatic rings. The fourth-order valence-corrected chi connectivity index (χ4v) is 2.44. The lowest BCUT2D eigenvalue weighted by Crippen LogP contribution is -2.37. The van der Waals surface area contributed by atoms with Gasteiger partial charge in [-0.2, -0.15) is 0 Å². The van der Waals surface area contributed by atoms with Crippen LogP contribution in [0.4, 0.5) is 0 Å². The number of phenols is 2. The Morgan fingerprint density at radius 2 is 2.05 bits per heavy atom. The normalized spacial score (nSPS) is 16.3. The van der Waals surface area contributed by atoms with Gasteiger partial charge in [0.25, 0.3) is 5.91 Å². The summed E-state index contributed by atoms with van der Waals surface area (Å²) in [6, 6.07) is 4.44. The van der Waals surface area contributed by atoms with E-state index in [0.717, 1.165) is 25.9 Å². The smallest absolute Gasteiger partial charge is 0.257 e. The second-order valence-corrected chi connectivity index (χ2v) is 5.05. The van der Waals surface area contributed by atoms with Gasteiger partial charge in [-0.25, -0.2) is 0 Å². The monoisotopic (exact) mass is 264 g/mol. The van der Waals surface area contributed by atoms with Crippen molar-refractivity contribution in [3.8, 4) is 11.5 Å². The van der Waals surface area contributed by atoms with Gasteiger partial charge < -0.3 is 20.4 Å². The number of rotatable bonds is 3. The first-order valence-electron chi connectivity index (χ1n) is 6.56. The van der Waals surface area contributed by atoms with Gasteiger partial charge in [0, 0.05) is 13.6 Å². The second-order valence-electron chi connectivity index (χ2n) is 5.05. The molecular weight excluding hydrogens is 244 g/mol. The largest absolute Gasteiger partial charge is 0.504 e. The minimum absolute atomic E-state index is 0.149. The molecule has 1 saturated heterocycles. The lowest BCUT2D eigenvalue weighted by molar-refractivity contribution is 0.0759. The Hall–Kier alpha value is -1.75. The van der Waals surface area contributed by atoms with Crippen molar-refractivity contribution >= 4 is 5.91 Å². The molecule has 0 bridgehead atoms. The third-order valence-electron chi connectivity index (χ3n) is 3.58. The molecular formula is C14H20N2O3. The minimum atomic E-state index is -0.343. The SMILES string of the molecule is CN(CC1CCNCC1)C(=O)c1cccc(O)c1O. The maximum atomic E-state index is 12.2. The number of benzene rings is 1. The molecule has 1 fully saturated rings. The van der Waals surface area contributed by atoms with E-state index >= 15 is 0 Å². The highest BCUT2D eigenvalue weighted by Crippen LogP contribution is 2.29. The van der Waals surface area contributed by atoms with E-state index in [1.54, 1.807) is 18.0 Å². The number of aromatic hydroxyl groups is 2. The Morgan fingerprint density at radius 3 is 2.74 bits per heavy atom. The molecule has 0 spiro atoms. The molecule has 1 aromatic carbocycles. The lowest BCUT2D eigenvalue weighted by Gasteiger charge is -2.27. The molecule has 1 aliphatic heterocycles. The van der Waals surface area contributed by atoms with Crippen molar-refractivity contribution in [1.82, 2.24) is 10.2 Å². The number of amides is 1. The van der Waals surface area contributed by atoms with Gasteiger partial charge in [-0.15, -0.1) is 0 Å². The Bertz CT molecular complexity index is 456. The molecule has 104 valence electrons. The molecule has 0 radical (unpaired) electrons. The van der Waals surface area contributed by atoms with Crippen LogP contribution in [0.2, 0.25) is 0 Å². The average molecular weight is 264 g/mol. The zero-order chi connectivity index (χ0) is 13.8. The first-order chi connectivity index (χ1) is 9.09. The summed E-state index contributed by atoms with van der Waals surface area (Å²) in [5.41, 5.74) is 0.149. The Labute approximate surface area is 112 Å². The standard InChI is InChI=1S/C14H20N2O3/c1-16(9-10-5-7-15-8-6-10)14(19)11-3-2-4-12(17)13(11)18/h2-4,10,15,17-18H,5-9H2,1H3. The number of hydrogen-bond acceptors (Lipinski definition) is 4. The lowest BCUT2D eigenvalue weighted by atomic mass is 9.97. The van der Waals surface area contributed by atoms with Crippen LogP contribution in [0.1, 0.15) is 23.2 Å². The van der Waals surface area contributed by atoms with Gasteiger partial charge in [-0.05, 0) is 44.0 Å². The van der Waals surface area contributed by atoms with Crippen LogP contribution in [0.5, 0.6) is 11.5 Å². The fraction of sp³-hybridized carbons (Fsp3) is 0.500. The summed E-state index contributed by atoms with van der Waals surface area (Å²) in [5.74, 6) is -0.368. The van der Waals surface area contributed by atoms with Crippen LogP contribution < -0.4 is 5.32 Å². The summed E-state index contributed by atoms with van der Waals surface area (Å²) in [7, 11) is 1.73. The third-order valence-corrected chi connectivity index (χ3v) is 3.58. The van der Waals surface area contributed by atoms with Crippen LogP contribution in [0.15, 0.2) is 18.2 Å². The quantitative estimate of drug-likeness (QED) is 0.717. The van der Waals surface area contributed by atoms with E-state index in [2.05, 4.69) is 5.32 Å². The average Bonchev–Trinajstić information content (AvgIpc) is 2.42. The molecule has 0 unspecified atom stereocenters. The number of nitrogens with one attached hydrogen (secondary N) is 1. The molecule has 0 aromatic heterocycles. The van der Waals surface area contributed by atoms with Crippen molar-refractivity contribution in [3.05, 3.63) is 23.8 Å². The number of nitrogens with zero attached hydrogens (tertiary/aromatic N) is 1. The third kappa shape index (κ3) is 3.17. The van der Waals surface area contributed by atoms with Crippen molar-refractivity contribution in [2.75, 3.05) is 26.7 Å². The van der Waals surface area contributed by atoms with Crippen LogP contribution in [0.25, 0.3) is 0 Å². The highest BCUT2D eigenvalue weighted by molar-refractivity contribution is 5.97. The van der Waals surface area contributed by atoms with Crippen molar-refractivity contribution in [3.63, 3.8) is 0 Å². The van der Waals surface area contributed by atoms with Gasteiger partial charge in [0.15, 0.2) is 11.5 Å². The van der Waals surface area contributed by atoms with Crippen LogP contribution in [0.3, 0.4) is 0 Å². The van der Waals surface area contributed by atoms with Gasteiger partial charge >= 0.3 is 0 Å². The molecule has 0 atom stereocenters. The zero-order valence-electron chi connectivity index (χ0n) is 11.1. The minimum Gasteiger partial charge on any atom is -0.504 e. The predicted octanol–water partition coefficient (Wildman–Crippen LogP) is 1.17. The van der Waals surface area contributed by atoms with Gasteiger partial charge in [0.2, 0.25) is 0 Å². The molecule has 3 N–H and O–H groups in total. The molecule has 2 rings (SSSR count). The van der Waals surface area contributed by atoms with Gasteiger partial charge in [-0.3, -0.25) is 4.79 Å². The number of carbonyl (C=O) groups excluding carboxylic acids is 1. The topological polar surface area (TPSA) is 72.8 Å². The Balaban J connectivity index is 2.03. The van der Waals surface area contributed by atoms with E-state index in [4.69, 9.17) is 0 Å². The second kappa shape index (κ2) is 5.93. The molecule has 5 nitrogen and oxygen atoms in total. The van der Waals surface area contributed by atoms with Crippen molar-refractivity contribution in [2.24, 2.45) is 5.92 Å². The van der Waals surface area contributed by atoms with E-state index in [-0.39, 0.29) is 23.0 Å². The van der Waals surface area contributed by atoms with Gasteiger partial charge in [0.1, 0.15) is 0 Å². The van der Waals surface area contributed by atoms with Crippen LogP contribution in [0, 0.1) is 5.92 Å². The maximum Gasteiger partial charge on any atom is 0.257 e. The van der Waals surface area contributed by atoms with E-state index in [0.29, 0.717) is 12.5 Å². The van der Waals surface area contributed by atoms with E-state index in [1.165, 1.54) is 12.1 Å². The summed E-state index contributed by atoms with van der Waals surface area (Å²) in [6.45, 7) is 2.66. The molecule has 1 heterocycles. The fourth-order valence-electron chi connectivity index (χ4n) is 2.44. The summed E-state index contributed by atoms with van der Waals surface area (Å²) in [6.07, 6.45) is 2.12. The predicted molar refractivity (Wildman–Crippen MR) is 72.3 cm³/mol. The van der Waals surface area contributed by atoms with E-state index in [1.807, 2.05) is 0 Å². The summed E-state index contributed by atoms with van der Waals surface area (Å²) < 4.78 is 0. The number of carbonyl (C=O) groups is 1. The first kappa shape index (κ1) is 13.7. The van der Waals surface area contributed by atoms with Crippen LogP contribution in [-0.2, 0) is 0 Å². The number of para-hydroxylation sites is 1. The zero-order valence-corrected chi connectivity index (χ0v) is 11.1.